The summed E-state index contributed by atoms with van der Waals surface area (Å²) in [6.45, 7) is 4.20. The summed E-state index contributed by atoms with van der Waals surface area (Å²) in [6.07, 6.45) is 3.24. The molecular weight excluding hydrogens is 224 g/mol. The van der Waals surface area contributed by atoms with Gasteiger partial charge < -0.3 is 10.2 Å². The molecule has 3 heteroatoms. The van der Waals surface area contributed by atoms with Gasteiger partial charge in [0.05, 0.1) is 6.04 Å². The highest BCUT2D eigenvalue weighted by Crippen LogP contribution is 2.18. The van der Waals surface area contributed by atoms with Crippen LogP contribution in [0.15, 0.2) is 24.3 Å². The van der Waals surface area contributed by atoms with Crippen LogP contribution in [0.4, 0.5) is 5.69 Å². The number of anilines is 1. The molecule has 0 saturated carbocycles. The first kappa shape index (κ1) is 13.1. The summed E-state index contributed by atoms with van der Waals surface area (Å²) in [5, 5.41) is 3.39. The number of amides is 1. The Labute approximate surface area is 109 Å². The van der Waals surface area contributed by atoms with Crippen molar-refractivity contribution >= 4 is 11.6 Å². The maximum absolute atomic E-state index is 12.4. The second-order valence-corrected chi connectivity index (χ2v) is 5.28. The summed E-state index contributed by atoms with van der Waals surface area (Å²) in [6, 6.07) is 8.49. The second kappa shape index (κ2) is 5.53. The molecule has 0 spiro atoms. The van der Waals surface area contributed by atoms with Gasteiger partial charge in [0.2, 0.25) is 5.91 Å². The number of aryl methyl sites for hydroxylation is 1. The number of carbonyl (C=O) groups is 1. The molecule has 0 aromatic heterocycles. The van der Waals surface area contributed by atoms with Crippen molar-refractivity contribution in [1.82, 2.24) is 5.32 Å². The van der Waals surface area contributed by atoms with Crippen LogP contribution in [0.5, 0.6) is 0 Å². The highest BCUT2D eigenvalue weighted by molar-refractivity contribution is 5.96. The van der Waals surface area contributed by atoms with Crippen molar-refractivity contribution in [3.63, 3.8) is 0 Å². The summed E-state index contributed by atoms with van der Waals surface area (Å²) in [5.74, 6) is 0.172. The van der Waals surface area contributed by atoms with Crippen molar-refractivity contribution in [2.45, 2.75) is 45.2 Å². The van der Waals surface area contributed by atoms with Crippen molar-refractivity contribution in [3.8, 4) is 0 Å². The predicted octanol–water partition coefficient (Wildman–Crippen LogP) is 2.49. The van der Waals surface area contributed by atoms with Gasteiger partial charge in [-0.15, -0.1) is 0 Å². The number of nitrogens with one attached hydrogen (secondary N) is 1. The van der Waals surface area contributed by atoms with Crippen LogP contribution in [-0.2, 0) is 4.79 Å². The Kier molecular flexibility index (Phi) is 4.02. The lowest BCUT2D eigenvalue weighted by molar-refractivity contribution is -0.121. The van der Waals surface area contributed by atoms with Gasteiger partial charge in [-0.1, -0.05) is 17.7 Å². The molecule has 1 aliphatic rings. The third-order valence-corrected chi connectivity index (χ3v) is 3.67. The number of hydrogen-bond donors (Lipinski definition) is 1. The van der Waals surface area contributed by atoms with Crippen LogP contribution < -0.4 is 10.2 Å². The van der Waals surface area contributed by atoms with E-state index in [1.54, 1.807) is 4.90 Å². The van der Waals surface area contributed by atoms with E-state index >= 15 is 0 Å². The zero-order chi connectivity index (χ0) is 13.1. The Morgan fingerprint density at radius 1 is 1.28 bits per heavy atom. The maximum Gasteiger partial charge on any atom is 0.243 e. The van der Waals surface area contributed by atoms with E-state index in [1.807, 2.05) is 31.3 Å². The van der Waals surface area contributed by atoms with Crippen LogP contribution in [0.2, 0.25) is 0 Å². The third-order valence-electron chi connectivity index (χ3n) is 3.67. The Morgan fingerprint density at radius 3 is 2.56 bits per heavy atom. The number of likely N-dealkylation sites (N-methyl/N-ethyl adjacent to an activating group) is 1. The van der Waals surface area contributed by atoms with E-state index in [-0.39, 0.29) is 11.9 Å². The minimum atomic E-state index is -0.0277. The van der Waals surface area contributed by atoms with Gasteiger partial charge in [0.15, 0.2) is 0 Å². The van der Waals surface area contributed by atoms with E-state index in [0.29, 0.717) is 6.04 Å². The average Bonchev–Trinajstić information content (AvgIpc) is 2.38. The number of piperidine rings is 1. The van der Waals surface area contributed by atoms with Crippen molar-refractivity contribution in [2.24, 2.45) is 0 Å². The first-order valence-corrected chi connectivity index (χ1v) is 6.68. The molecule has 98 valence electrons. The van der Waals surface area contributed by atoms with Crippen molar-refractivity contribution in [1.29, 1.82) is 0 Å². The van der Waals surface area contributed by atoms with E-state index in [4.69, 9.17) is 0 Å². The molecule has 0 bridgehead atoms. The summed E-state index contributed by atoms with van der Waals surface area (Å²) in [4.78, 5) is 14.2. The largest absolute Gasteiger partial charge is 0.314 e. The van der Waals surface area contributed by atoms with E-state index in [9.17, 15) is 4.79 Å². The highest BCUT2D eigenvalue weighted by Gasteiger charge is 2.26. The fourth-order valence-corrected chi connectivity index (χ4v) is 2.46. The molecule has 1 amide bonds. The van der Waals surface area contributed by atoms with Gasteiger partial charge in [-0.2, -0.15) is 0 Å². The number of benzene rings is 1. The normalized spacial score (nSPS) is 23.7. The minimum Gasteiger partial charge on any atom is -0.314 e. The Balaban J connectivity index is 2.06. The molecular formula is C15H22N2O. The van der Waals surface area contributed by atoms with E-state index < -0.39 is 0 Å². The van der Waals surface area contributed by atoms with Gasteiger partial charge in [-0.3, -0.25) is 4.79 Å². The molecule has 0 unspecified atom stereocenters. The van der Waals surface area contributed by atoms with E-state index in [2.05, 4.69) is 19.2 Å². The number of carbonyl (C=O) groups excluding carboxylic acids is 1. The SMILES string of the molecule is Cc1ccc(N(C)C(=O)[C@@H]2CCC[C@H](C)N2)cc1. The molecule has 1 aromatic rings. The van der Waals surface area contributed by atoms with Crippen molar-refractivity contribution in [3.05, 3.63) is 29.8 Å². The molecule has 1 N–H and O–H groups in total. The van der Waals surface area contributed by atoms with Crippen LogP contribution in [0.25, 0.3) is 0 Å². The molecule has 1 heterocycles. The summed E-state index contributed by atoms with van der Waals surface area (Å²) >= 11 is 0. The fourth-order valence-electron chi connectivity index (χ4n) is 2.46. The standard InChI is InChI=1S/C15H22N2O/c1-11-7-9-13(10-8-11)17(3)15(18)14-6-4-5-12(2)16-14/h7-10,12,14,16H,4-6H2,1-3H3/t12-,14-/m0/s1. The molecule has 1 aromatic carbocycles. The second-order valence-electron chi connectivity index (χ2n) is 5.28. The predicted molar refractivity (Wildman–Crippen MR) is 74.8 cm³/mol. The Hall–Kier alpha value is -1.35. The molecule has 3 nitrogen and oxygen atoms in total. The Morgan fingerprint density at radius 2 is 1.94 bits per heavy atom. The van der Waals surface area contributed by atoms with Gasteiger partial charge in [0, 0.05) is 18.8 Å². The Bertz CT molecular complexity index is 413. The zero-order valence-electron chi connectivity index (χ0n) is 11.4. The van der Waals surface area contributed by atoms with Crippen LogP contribution in [0, 0.1) is 6.92 Å². The topological polar surface area (TPSA) is 32.3 Å². The monoisotopic (exact) mass is 246 g/mol. The van der Waals surface area contributed by atoms with Gasteiger partial charge >= 0.3 is 0 Å². The summed E-state index contributed by atoms with van der Waals surface area (Å²) < 4.78 is 0. The highest BCUT2D eigenvalue weighted by atomic mass is 16.2. The van der Waals surface area contributed by atoms with Gasteiger partial charge in [-0.05, 0) is 45.2 Å². The maximum atomic E-state index is 12.4. The lowest BCUT2D eigenvalue weighted by atomic mass is 9.98. The lowest BCUT2D eigenvalue weighted by Crippen LogP contribution is -2.50. The van der Waals surface area contributed by atoms with Gasteiger partial charge in [0.1, 0.15) is 0 Å². The average molecular weight is 246 g/mol. The first-order chi connectivity index (χ1) is 8.58. The third kappa shape index (κ3) is 2.91. The number of nitrogens with zero attached hydrogens (tertiary/aromatic N) is 1. The minimum absolute atomic E-state index is 0.0277. The van der Waals surface area contributed by atoms with E-state index in [1.165, 1.54) is 5.56 Å². The van der Waals surface area contributed by atoms with Crippen LogP contribution in [0.3, 0.4) is 0 Å². The van der Waals surface area contributed by atoms with Crippen molar-refractivity contribution in [2.75, 3.05) is 11.9 Å². The molecule has 0 aliphatic carbocycles. The molecule has 2 atom stereocenters. The quantitative estimate of drug-likeness (QED) is 0.869. The molecule has 1 fully saturated rings. The lowest BCUT2D eigenvalue weighted by Gasteiger charge is -2.31. The molecule has 2 rings (SSSR count). The molecule has 1 saturated heterocycles. The smallest absolute Gasteiger partial charge is 0.243 e. The van der Waals surface area contributed by atoms with Crippen molar-refractivity contribution < 1.29 is 4.79 Å². The summed E-state index contributed by atoms with van der Waals surface area (Å²) in [5.41, 5.74) is 2.18. The van der Waals surface area contributed by atoms with Crippen LogP contribution in [0.1, 0.15) is 31.7 Å². The first-order valence-electron chi connectivity index (χ1n) is 6.68. The molecule has 18 heavy (non-hydrogen) atoms. The number of hydrogen-bond acceptors (Lipinski definition) is 2. The van der Waals surface area contributed by atoms with Crippen LogP contribution in [-0.4, -0.2) is 25.0 Å². The summed E-state index contributed by atoms with van der Waals surface area (Å²) in [7, 11) is 1.86. The van der Waals surface area contributed by atoms with Crippen LogP contribution >= 0.6 is 0 Å². The molecule has 0 radical (unpaired) electrons. The van der Waals surface area contributed by atoms with Gasteiger partial charge in [0.25, 0.3) is 0 Å². The van der Waals surface area contributed by atoms with Gasteiger partial charge in [-0.25, -0.2) is 0 Å². The zero-order valence-corrected chi connectivity index (χ0v) is 11.4. The van der Waals surface area contributed by atoms with E-state index in [0.717, 1.165) is 24.9 Å². The fraction of sp³-hybridized carbons (Fsp3) is 0.533. The molecule has 1 aliphatic heterocycles. The number of rotatable bonds is 2.